The molecule has 0 bridgehead atoms. The van der Waals surface area contributed by atoms with Crippen molar-refractivity contribution in [1.29, 1.82) is 0 Å². The van der Waals surface area contributed by atoms with Gasteiger partial charge in [-0.2, -0.15) is 12.6 Å². The third-order valence-corrected chi connectivity index (χ3v) is 4.46. The van der Waals surface area contributed by atoms with Crippen molar-refractivity contribution in [2.75, 3.05) is 5.73 Å². The maximum Gasteiger partial charge on any atom is 0.137 e. The van der Waals surface area contributed by atoms with Gasteiger partial charge in [0.2, 0.25) is 0 Å². The summed E-state index contributed by atoms with van der Waals surface area (Å²) in [6.07, 6.45) is 5.74. The lowest BCUT2D eigenvalue weighted by Gasteiger charge is -2.16. The summed E-state index contributed by atoms with van der Waals surface area (Å²) in [5, 5.41) is 3.16. The smallest absolute Gasteiger partial charge is 0.137 e. The molecule has 0 aliphatic rings. The fourth-order valence-electron chi connectivity index (χ4n) is 2.88. The van der Waals surface area contributed by atoms with Crippen molar-refractivity contribution in [3.63, 3.8) is 0 Å². The van der Waals surface area contributed by atoms with Crippen molar-refractivity contribution in [3.05, 3.63) is 60.7 Å². The first-order chi connectivity index (χ1) is 11.4. The molecule has 0 aliphatic carbocycles. The van der Waals surface area contributed by atoms with E-state index in [-0.39, 0.29) is 4.75 Å². The maximum absolute atomic E-state index is 6.10. The van der Waals surface area contributed by atoms with E-state index in [0.29, 0.717) is 0 Å². The number of thiol groups is 1. The van der Waals surface area contributed by atoms with E-state index in [0.717, 1.165) is 38.9 Å². The Labute approximate surface area is 145 Å². The second kappa shape index (κ2) is 5.24. The number of fused-ring (bicyclic) bond motifs is 2. The van der Waals surface area contributed by atoms with Gasteiger partial charge in [-0.05, 0) is 38.1 Å². The zero-order valence-corrected chi connectivity index (χ0v) is 14.5. The molecule has 0 unspecified atom stereocenters. The first kappa shape index (κ1) is 15.0. The van der Waals surface area contributed by atoms with E-state index in [9.17, 15) is 0 Å². The van der Waals surface area contributed by atoms with Crippen LogP contribution in [0.1, 0.15) is 19.5 Å². The summed E-state index contributed by atoms with van der Waals surface area (Å²) in [6.45, 7) is 4.07. The summed E-state index contributed by atoms with van der Waals surface area (Å²) < 4.78 is 1.76. The largest absolute Gasteiger partial charge is 0.398 e. The molecule has 4 rings (SSSR count). The van der Waals surface area contributed by atoms with Crippen LogP contribution < -0.4 is 5.73 Å². The van der Waals surface area contributed by atoms with Crippen LogP contribution in [0.2, 0.25) is 0 Å². The van der Waals surface area contributed by atoms with Gasteiger partial charge >= 0.3 is 0 Å². The first-order valence-electron chi connectivity index (χ1n) is 7.78. The van der Waals surface area contributed by atoms with Gasteiger partial charge in [-0.3, -0.25) is 9.55 Å². The van der Waals surface area contributed by atoms with Crippen molar-refractivity contribution in [2.45, 2.75) is 18.6 Å². The number of nitrogens with two attached hydrogens (primary N) is 1. The molecule has 0 spiro atoms. The van der Waals surface area contributed by atoms with Crippen molar-refractivity contribution >= 4 is 40.0 Å². The van der Waals surface area contributed by atoms with Crippen LogP contribution >= 0.6 is 12.6 Å². The summed E-state index contributed by atoms with van der Waals surface area (Å²) in [5.41, 5.74) is 8.82. The average Bonchev–Trinajstić information content (AvgIpc) is 2.97. The molecule has 0 atom stereocenters. The molecule has 0 saturated carbocycles. The summed E-state index contributed by atoms with van der Waals surface area (Å²) in [7, 11) is 0. The normalized spacial score (nSPS) is 12.1. The van der Waals surface area contributed by atoms with Crippen LogP contribution in [0.5, 0.6) is 0 Å². The Bertz CT molecular complexity index is 1060. The number of rotatable bonds is 2. The average molecular weight is 334 g/mol. The van der Waals surface area contributed by atoms with Crippen LogP contribution in [-0.4, -0.2) is 14.5 Å². The Morgan fingerprint density at radius 1 is 1.04 bits per heavy atom. The molecule has 1 aromatic carbocycles. The predicted octanol–water partition coefficient (Wildman–Crippen LogP) is 4.32. The van der Waals surface area contributed by atoms with Crippen LogP contribution in [0.15, 0.2) is 55.0 Å². The lowest BCUT2D eigenvalue weighted by atomic mass is 10.1. The van der Waals surface area contributed by atoms with Crippen LogP contribution in [0.25, 0.3) is 27.5 Å². The van der Waals surface area contributed by atoms with Gasteiger partial charge in [0.1, 0.15) is 5.82 Å². The van der Waals surface area contributed by atoms with Gasteiger partial charge in [0, 0.05) is 39.0 Å². The van der Waals surface area contributed by atoms with Crippen molar-refractivity contribution in [1.82, 2.24) is 14.5 Å². The minimum absolute atomic E-state index is 0.272. The number of anilines is 1. The highest BCUT2D eigenvalue weighted by molar-refractivity contribution is 7.81. The molecule has 3 heterocycles. The lowest BCUT2D eigenvalue weighted by molar-refractivity contribution is 0.757. The molecule has 2 N–H and O–H groups in total. The first-order valence-corrected chi connectivity index (χ1v) is 8.23. The van der Waals surface area contributed by atoms with Crippen LogP contribution in [-0.2, 0) is 4.75 Å². The van der Waals surface area contributed by atoms with Gasteiger partial charge in [0.05, 0.1) is 17.4 Å². The Balaban J connectivity index is 1.89. The quantitative estimate of drug-likeness (QED) is 0.424. The highest BCUT2D eigenvalue weighted by Gasteiger charge is 2.17. The monoisotopic (exact) mass is 334 g/mol. The van der Waals surface area contributed by atoms with Gasteiger partial charge in [-0.15, -0.1) is 0 Å². The molecule has 120 valence electrons. The Kier molecular flexibility index (Phi) is 3.28. The van der Waals surface area contributed by atoms with Gasteiger partial charge < -0.3 is 5.73 Å². The topological polar surface area (TPSA) is 56.7 Å². The Hall–Kier alpha value is -2.53. The number of hydrogen-bond acceptors (Lipinski definition) is 4. The minimum Gasteiger partial charge on any atom is -0.398 e. The standard InChI is InChI=1S/C19H18N4S/c1-19(2,24)17-8-12-6-7-23(16(12)11-21-17)18-9-14-13(10-22-18)4-3-5-15(14)20/h3-11,24H,20H2,1-2H3. The number of pyridine rings is 2. The Morgan fingerprint density at radius 3 is 2.67 bits per heavy atom. The van der Waals surface area contributed by atoms with Gasteiger partial charge in [0.15, 0.2) is 0 Å². The van der Waals surface area contributed by atoms with E-state index < -0.39 is 0 Å². The van der Waals surface area contributed by atoms with Gasteiger partial charge in [0.25, 0.3) is 0 Å². The molecule has 4 nitrogen and oxygen atoms in total. The van der Waals surface area contributed by atoms with E-state index in [2.05, 4.69) is 34.7 Å². The molecule has 24 heavy (non-hydrogen) atoms. The second-order valence-electron chi connectivity index (χ2n) is 6.48. The zero-order valence-electron chi connectivity index (χ0n) is 13.6. The van der Waals surface area contributed by atoms with Gasteiger partial charge in [-0.25, -0.2) is 4.98 Å². The highest BCUT2D eigenvalue weighted by Crippen LogP contribution is 2.29. The van der Waals surface area contributed by atoms with E-state index in [1.165, 1.54) is 0 Å². The lowest BCUT2D eigenvalue weighted by Crippen LogP contribution is -2.10. The van der Waals surface area contributed by atoms with E-state index in [4.69, 9.17) is 5.73 Å². The SMILES string of the molecule is CC(C)(S)c1cc2ccn(-c3cc4c(N)cccc4cn3)c2cn1. The summed E-state index contributed by atoms with van der Waals surface area (Å²) in [6, 6.07) is 12.0. The fraction of sp³-hybridized carbons (Fsp3) is 0.158. The van der Waals surface area contributed by atoms with E-state index >= 15 is 0 Å². The van der Waals surface area contributed by atoms with E-state index in [1.807, 2.05) is 61.3 Å². The van der Waals surface area contributed by atoms with E-state index in [1.54, 1.807) is 0 Å². The van der Waals surface area contributed by atoms with Crippen molar-refractivity contribution in [3.8, 4) is 5.82 Å². The number of nitrogens with zero attached hydrogens (tertiary/aromatic N) is 3. The number of nitrogen functional groups attached to an aromatic ring is 1. The summed E-state index contributed by atoms with van der Waals surface area (Å²) >= 11 is 4.60. The summed E-state index contributed by atoms with van der Waals surface area (Å²) in [5.74, 6) is 0.829. The number of hydrogen-bond donors (Lipinski definition) is 2. The molecule has 0 fully saturated rings. The predicted molar refractivity (Wildman–Crippen MR) is 103 cm³/mol. The molecular formula is C19H18N4S. The van der Waals surface area contributed by atoms with Crippen LogP contribution in [0.3, 0.4) is 0 Å². The van der Waals surface area contributed by atoms with Gasteiger partial charge in [-0.1, -0.05) is 12.1 Å². The molecule has 0 radical (unpaired) electrons. The maximum atomic E-state index is 6.10. The second-order valence-corrected chi connectivity index (χ2v) is 7.60. The minimum atomic E-state index is -0.272. The van der Waals surface area contributed by atoms with Crippen molar-refractivity contribution in [2.24, 2.45) is 0 Å². The molecule has 4 aromatic rings. The number of aromatic nitrogens is 3. The molecule has 0 saturated heterocycles. The molecule has 0 aliphatic heterocycles. The zero-order chi connectivity index (χ0) is 16.9. The molecule has 0 amide bonds. The van der Waals surface area contributed by atoms with Crippen molar-refractivity contribution < 1.29 is 0 Å². The molecule has 5 heteroatoms. The van der Waals surface area contributed by atoms with Crippen LogP contribution in [0.4, 0.5) is 5.69 Å². The third-order valence-electron chi connectivity index (χ3n) is 4.23. The Morgan fingerprint density at radius 2 is 1.88 bits per heavy atom. The fourth-order valence-corrected chi connectivity index (χ4v) is 3.00. The van der Waals surface area contributed by atoms with Crippen LogP contribution in [0, 0.1) is 0 Å². The third kappa shape index (κ3) is 2.41. The molecule has 3 aromatic heterocycles. The number of benzene rings is 1. The molecular weight excluding hydrogens is 316 g/mol. The highest BCUT2D eigenvalue weighted by atomic mass is 32.1. The summed E-state index contributed by atoms with van der Waals surface area (Å²) in [4.78, 5) is 9.14.